The molecule has 0 atom stereocenters. The molecule has 0 bridgehead atoms. The minimum atomic E-state index is -3.37. The first-order valence-corrected chi connectivity index (χ1v) is 9.90. The van der Waals surface area contributed by atoms with Gasteiger partial charge >= 0.3 is 0 Å². The van der Waals surface area contributed by atoms with E-state index in [9.17, 15) is 8.42 Å². The fraction of sp³-hybridized carbons (Fsp3) is 0.444. The second-order valence-corrected chi connectivity index (χ2v) is 7.86. The smallest absolute Gasteiger partial charge is 0.234 e. The molecule has 23 heavy (non-hydrogen) atoms. The predicted octanol–water partition coefficient (Wildman–Crippen LogP) is 4.17. The van der Waals surface area contributed by atoms with E-state index in [1.54, 1.807) is 7.05 Å². The van der Waals surface area contributed by atoms with Crippen molar-refractivity contribution in [2.45, 2.75) is 39.0 Å². The van der Waals surface area contributed by atoms with Gasteiger partial charge in [0.15, 0.2) is 0 Å². The number of hydrogen-bond donors (Lipinski definition) is 0. The molecule has 1 aliphatic heterocycles. The quantitative estimate of drug-likeness (QED) is 0.703. The molecule has 0 saturated carbocycles. The maximum atomic E-state index is 12.0. The van der Waals surface area contributed by atoms with Crippen LogP contribution in [0.2, 0.25) is 0 Å². The molecule has 0 aliphatic carbocycles. The van der Waals surface area contributed by atoms with E-state index in [2.05, 4.69) is 6.92 Å². The van der Waals surface area contributed by atoms with Gasteiger partial charge < -0.3 is 4.74 Å². The van der Waals surface area contributed by atoms with E-state index in [0.717, 1.165) is 30.4 Å². The number of ether oxygens (including phenoxy) is 1. The first kappa shape index (κ1) is 17.6. The van der Waals surface area contributed by atoms with Crippen molar-refractivity contribution in [2.75, 3.05) is 13.3 Å². The van der Waals surface area contributed by atoms with Crippen molar-refractivity contribution < 1.29 is 13.2 Å². The zero-order valence-corrected chi connectivity index (χ0v) is 14.9. The molecule has 0 saturated heterocycles. The molecular formula is C18H25NO3S. The number of unbranched alkanes of at least 4 members (excludes halogenated alkanes) is 3. The summed E-state index contributed by atoms with van der Waals surface area (Å²) in [5, 5.41) is 0. The molecule has 0 fully saturated rings. The Balaban J connectivity index is 2.34. The third-order valence-corrected chi connectivity index (χ3v) is 5.11. The number of benzene rings is 1. The highest BCUT2D eigenvalue weighted by atomic mass is 32.2. The average molecular weight is 335 g/mol. The van der Waals surface area contributed by atoms with Gasteiger partial charge in [-0.15, -0.1) is 0 Å². The van der Waals surface area contributed by atoms with Crippen LogP contribution in [0.5, 0.6) is 5.75 Å². The van der Waals surface area contributed by atoms with Crippen molar-refractivity contribution in [1.82, 2.24) is 4.31 Å². The molecule has 0 N–H and O–H groups in total. The van der Waals surface area contributed by atoms with Gasteiger partial charge in [-0.25, -0.2) is 12.7 Å². The summed E-state index contributed by atoms with van der Waals surface area (Å²) < 4.78 is 31.1. The Labute approximate surface area is 139 Å². The summed E-state index contributed by atoms with van der Waals surface area (Å²) in [4.78, 5) is 0. The van der Waals surface area contributed by atoms with Crippen molar-refractivity contribution >= 4 is 16.1 Å². The van der Waals surface area contributed by atoms with Crippen molar-refractivity contribution in [3.8, 4) is 5.75 Å². The lowest BCUT2D eigenvalue weighted by Crippen LogP contribution is -2.29. The average Bonchev–Trinajstić information content (AvgIpc) is 2.69. The van der Waals surface area contributed by atoms with Crippen LogP contribution in [-0.2, 0) is 10.0 Å². The number of fused-ring (bicyclic) bond motifs is 1. The first-order valence-electron chi connectivity index (χ1n) is 8.05. The number of rotatable bonds is 7. The standard InChI is InChI=1S/C18H25NO3S/c1-4-5-6-7-11-16-14-13-15-10-8-9-12-17(15)22-18(16)19(2)23(3,20)21/h8-10,12-14H,4-7,11H2,1-3H3. The fourth-order valence-electron chi connectivity index (χ4n) is 2.49. The minimum absolute atomic E-state index is 0.408. The molecule has 0 spiro atoms. The third-order valence-electron chi connectivity index (χ3n) is 3.95. The van der Waals surface area contributed by atoms with Gasteiger partial charge in [0.1, 0.15) is 5.75 Å². The Morgan fingerprint density at radius 2 is 1.83 bits per heavy atom. The minimum Gasteiger partial charge on any atom is -0.439 e. The summed E-state index contributed by atoms with van der Waals surface area (Å²) in [6.45, 7) is 2.17. The van der Waals surface area contributed by atoms with Crippen molar-refractivity contribution in [2.24, 2.45) is 0 Å². The molecule has 0 aromatic heterocycles. The van der Waals surface area contributed by atoms with Gasteiger partial charge in [-0.2, -0.15) is 0 Å². The summed E-state index contributed by atoms with van der Waals surface area (Å²) in [5.74, 6) is 1.09. The largest absolute Gasteiger partial charge is 0.439 e. The van der Waals surface area contributed by atoms with Gasteiger partial charge in [0, 0.05) is 18.2 Å². The molecule has 0 radical (unpaired) electrons. The van der Waals surface area contributed by atoms with Crippen LogP contribution in [0.1, 0.15) is 44.6 Å². The van der Waals surface area contributed by atoms with E-state index in [1.807, 2.05) is 36.4 Å². The van der Waals surface area contributed by atoms with Gasteiger partial charge in [0.2, 0.25) is 15.9 Å². The first-order chi connectivity index (χ1) is 10.9. The number of nitrogens with zero attached hydrogens (tertiary/aromatic N) is 1. The Morgan fingerprint density at radius 1 is 1.09 bits per heavy atom. The molecule has 2 rings (SSSR count). The highest BCUT2D eigenvalue weighted by molar-refractivity contribution is 7.88. The highest BCUT2D eigenvalue weighted by Crippen LogP contribution is 2.30. The van der Waals surface area contributed by atoms with Crippen LogP contribution in [0.3, 0.4) is 0 Å². The Kier molecular flexibility index (Phi) is 5.88. The maximum absolute atomic E-state index is 12.0. The zero-order valence-electron chi connectivity index (χ0n) is 14.1. The van der Waals surface area contributed by atoms with E-state index in [4.69, 9.17) is 4.74 Å². The van der Waals surface area contributed by atoms with E-state index in [-0.39, 0.29) is 0 Å². The van der Waals surface area contributed by atoms with Gasteiger partial charge in [0.25, 0.3) is 0 Å². The van der Waals surface area contributed by atoms with Crippen LogP contribution in [0.25, 0.3) is 6.08 Å². The van der Waals surface area contributed by atoms with Crippen LogP contribution < -0.4 is 4.74 Å². The summed E-state index contributed by atoms with van der Waals surface area (Å²) in [6.07, 6.45) is 10.5. The van der Waals surface area contributed by atoms with Crippen LogP contribution in [0.15, 0.2) is 41.8 Å². The van der Waals surface area contributed by atoms with Gasteiger partial charge in [-0.1, -0.05) is 56.5 Å². The number of sulfonamides is 1. The molecule has 1 aromatic rings. The number of hydrogen-bond acceptors (Lipinski definition) is 3. The summed E-state index contributed by atoms with van der Waals surface area (Å²) in [5.41, 5.74) is 1.88. The molecule has 126 valence electrons. The molecule has 5 heteroatoms. The number of para-hydroxylation sites is 1. The lowest BCUT2D eigenvalue weighted by molar-refractivity contribution is 0.316. The second-order valence-electron chi connectivity index (χ2n) is 5.84. The fourth-order valence-corrected chi connectivity index (χ4v) is 2.95. The van der Waals surface area contributed by atoms with Gasteiger partial charge in [-0.3, -0.25) is 0 Å². The van der Waals surface area contributed by atoms with Crippen molar-refractivity contribution in [3.05, 3.63) is 47.4 Å². The van der Waals surface area contributed by atoms with E-state index < -0.39 is 10.0 Å². The maximum Gasteiger partial charge on any atom is 0.234 e. The molecule has 1 aromatic carbocycles. The SMILES string of the molecule is CCCCCCC1=C(N(C)S(C)(=O)=O)Oc2ccccc2C=C1. The highest BCUT2D eigenvalue weighted by Gasteiger charge is 2.22. The zero-order chi connectivity index (χ0) is 16.9. The third kappa shape index (κ3) is 4.61. The van der Waals surface area contributed by atoms with Crippen LogP contribution >= 0.6 is 0 Å². The van der Waals surface area contributed by atoms with Gasteiger partial charge in [0.05, 0.1) is 6.26 Å². The van der Waals surface area contributed by atoms with Crippen LogP contribution in [-0.4, -0.2) is 26.0 Å². The molecule has 1 aliphatic rings. The van der Waals surface area contributed by atoms with Crippen molar-refractivity contribution in [3.63, 3.8) is 0 Å². The van der Waals surface area contributed by atoms with Crippen molar-refractivity contribution in [1.29, 1.82) is 0 Å². The molecule has 0 amide bonds. The van der Waals surface area contributed by atoms with E-state index in [1.165, 1.54) is 23.4 Å². The monoisotopic (exact) mass is 335 g/mol. The Morgan fingerprint density at radius 3 is 2.52 bits per heavy atom. The van der Waals surface area contributed by atoms with E-state index >= 15 is 0 Å². The van der Waals surface area contributed by atoms with Crippen LogP contribution in [0, 0.1) is 0 Å². The summed E-state index contributed by atoms with van der Waals surface area (Å²) >= 11 is 0. The summed E-state index contributed by atoms with van der Waals surface area (Å²) in [7, 11) is -1.83. The lowest BCUT2D eigenvalue weighted by atomic mass is 10.1. The Bertz CT molecular complexity index is 705. The molecule has 1 heterocycles. The molecule has 0 unspecified atom stereocenters. The molecule has 4 nitrogen and oxygen atoms in total. The second kappa shape index (κ2) is 7.68. The van der Waals surface area contributed by atoms with Gasteiger partial charge in [-0.05, 0) is 18.9 Å². The van der Waals surface area contributed by atoms with Crippen LogP contribution in [0.4, 0.5) is 0 Å². The molecular weight excluding hydrogens is 310 g/mol. The topological polar surface area (TPSA) is 46.6 Å². The summed E-state index contributed by atoms with van der Waals surface area (Å²) in [6, 6.07) is 7.65. The lowest BCUT2D eigenvalue weighted by Gasteiger charge is -2.22. The number of allylic oxidation sites excluding steroid dienone is 2. The Hall–Kier alpha value is -1.75. The normalized spacial score (nSPS) is 14.2. The predicted molar refractivity (Wildman–Crippen MR) is 94.5 cm³/mol. The van der Waals surface area contributed by atoms with E-state index in [0.29, 0.717) is 11.6 Å².